The fraction of sp³-hybridized carbons (Fsp3) is 0. The normalized spacial score (nSPS) is 11.2. The highest BCUT2D eigenvalue weighted by molar-refractivity contribution is 8.74. The molecule has 36 valence electrons. The first-order valence-electron chi connectivity index (χ1n) is 1.29. The maximum atomic E-state index is 3.77. The summed E-state index contributed by atoms with van der Waals surface area (Å²) in [6.07, 6.45) is 0. The summed E-state index contributed by atoms with van der Waals surface area (Å²) in [6.45, 7) is 2.24. The van der Waals surface area contributed by atoms with E-state index in [9.17, 15) is 0 Å². The summed E-state index contributed by atoms with van der Waals surface area (Å²) in [4.78, 5) is 0. The third-order valence-electron chi connectivity index (χ3n) is 0.245. The SMILES string of the molecule is C=N[P+](P)(P)P. The van der Waals surface area contributed by atoms with Crippen molar-refractivity contribution in [3.05, 3.63) is 0 Å². The molecular weight excluding hydrogens is 150 g/mol. The smallest absolute Gasteiger partial charge is 0.139 e. The maximum Gasteiger partial charge on any atom is 0.167 e. The van der Waals surface area contributed by atoms with Gasteiger partial charge in [-0.25, -0.2) is 0 Å². The van der Waals surface area contributed by atoms with Crippen LogP contribution in [0, 0.1) is 0 Å². The van der Waals surface area contributed by atoms with Gasteiger partial charge in [-0.05, 0) is 0 Å². The first kappa shape index (κ1) is 7.39. The summed E-state index contributed by atoms with van der Waals surface area (Å²) >= 11 is 0. The van der Waals surface area contributed by atoms with Crippen LogP contribution in [0.4, 0.5) is 0 Å². The summed E-state index contributed by atoms with van der Waals surface area (Å²) < 4.78 is 3.77. The molecule has 0 aromatic heterocycles. The summed E-state index contributed by atoms with van der Waals surface area (Å²) in [5, 5.41) is 0. The molecule has 0 spiro atoms. The predicted octanol–water partition coefficient (Wildman–Crippen LogP) is 1.99. The molecule has 5 heteroatoms. The third kappa shape index (κ3) is 5.39. The summed E-state index contributed by atoms with van der Waals surface area (Å²) in [5.74, 6) is 0. The Balaban J connectivity index is 3.45. The van der Waals surface area contributed by atoms with Crippen molar-refractivity contribution in [1.82, 2.24) is 0 Å². The number of hydrogen-bond acceptors (Lipinski definition) is 1. The third-order valence-corrected chi connectivity index (χ3v) is 2.20. The van der Waals surface area contributed by atoms with E-state index < -0.39 is 6.48 Å². The highest BCUT2D eigenvalue weighted by Crippen LogP contribution is 2.81. The molecule has 0 aliphatic carbocycles. The van der Waals surface area contributed by atoms with E-state index in [-0.39, 0.29) is 0 Å². The lowest BCUT2D eigenvalue weighted by Crippen LogP contribution is -1.38. The fourth-order valence-electron chi connectivity index (χ4n) is 0. The Kier molecular flexibility index (Phi) is 3.25. The zero-order chi connectivity index (χ0) is 5.21. The molecule has 0 amide bonds. The van der Waals surface area contributed by atoms with Gasteiger partial charge in [0.1, 0.15) is 0 Å². The highest BCUT2D eigenvalue weighted by atomic mass is 32.7. The van der Waals surface area contributed by atoms with Gasteiger partial charge in [0.25, 0.3) is 0 Å². The lowest BCUT2D eigenvalue weighted by atomic mass is 11.8. The fourth-order valence-corrected chi connectivity index (χ4v) is 0. The number of rotatable bonds is 1. The largest absolute Gasteiger partial charge is 0.167 e. The number of hydrogen-bond donors (Lipinski definition) is 0. The minimum atomic E-state index is -1.13. The van der Waals surface area contributed by atoms with Gasteiger partial charge in [-0.15, -0.1) is 4.76 Å². The molecule has 0 aromatic carbocycles. The molecule has 3 unspecified atom stereocenters. The van der Waals surface area contributed by atoms with Gasteiger partial charge >= 0.3 is 0 Å². The summed E-state index contributed by atoms with van der Waals surface area (Å²) in [7, 11) is 7.80. The number of nitrogens with zero attached hydrogens (tertiary/aromatic N) is 1. The Hall–Kier alpha value is 1.39. The van der Waals surface area contributed by atoms with Crippen LogP contribution < -0.4 is 0 Å². The van der Waals surface area contributed by atoms with E-state index in [0.29, 0.717) is 0 Å². The van der Waals surface area contributed by atoms with Crippen molar-refractivity contribution in [3.63, 3.8) is 0 Å². The van der Waals surface area contributed by atoms with Crippen molar-refractivity contribution in [2.24, 2.45) is 4.76 Å². The lowest BCUT2D eigenvalue weighted by molar-refractivity contribution is 2.03. The van der Waals surface area contributed by atoms with Gasteiger partial charge in [0.05, 0.1) is 26.8 Å². The van der Waals surface area contributed by atoms with Crippen molar-refractivity contribution in [3.8, 4) is 0 Å². The molecule has 0 fully saturated rings. The quantitative estimate of drug-likeness (QED) is 0.408. The Bertz CT molecular complexity index is 53.1. The molecule has 0 aromatic rings. The van der Waals surface area contributed by atoms with Gasteiger partial charge in [0.2, 0.25) is 0 Å². The monoisotopic (exact) mass is 158 g/mol. The van der Waals surface area contributed by atoms with E-state index in [0.717, 1.165) is 0 Å². The minimum Gasteiger partial charge on any atom is -0.139 e. The average molecular weight is 158 g/mol. The van der Waals surface area contributed by atoms with Crippen molar-refractivity contribution in [1.29, 1.82) is 0 Å². The second-order valence-electron chi connectivity index (χ2n) is 0.935. The summed E-state index contributed by atoms with van der Waals surface area (Å²) in [6, 6.07) is 0. The molecule has 0 rings (SSSR count). The minimum absolute atomic E-state index is 1.13. The second-order valence-corrected chi connectivity index (χ2v) is 15.6. The van der Waals surface area contributed by atoms with Crippen molar-refractivity contribution < 1.29 is 0 Å². The van der Waals surface area contributed by atoms with E-state index in [4.69, 9.17) is 0 Å². The molecule has 0 saturated heterocycles. The Morgan fingerprint density at radius 3 is 1.50 bits per heavy atom. The van der Waals surface area contributed by atoms with Gasteiger partial charge in [0, 0.05) is 6.72 Å². The van der Waals surface area contributed by atoms with Crippen molar-refractivity contribution in [2.45, 2.75) is 0 Å². The molecule has 1 nitrogen and oxygen atoms in total. The summed E-state index contributed by atoms with van der Waals surface area (Å²) in [5.41, 5.74) is 0. The van der Waals surface area contributed by atoms with Gasteiger partial charge < -0.3 is 0 Å². The molecule has 0 N–H and O–H groups in total. The predicted molar refractivity (Wildman–Crippen MR) is 45.6 cm³/mol. The van der Waals surface area contributed by atoms with Crippen LogP contribution in [0.15, 0.2) is 4.76 Å². The molecule has 0 radical (unpaired) electrons. The van der Waals surface area contributed by atoms with Gasteiger partial charge in [-0.3, -0.25) is 0 Å². The van der Waals surface area contributed by atoms with E-state index in [1.54, 1.807) is 0 Å². The van der Waals surface area contributed by atoms with Crippen LogP contribution in [0.3, 0.4) is 0 Å². The topological polar surface area (TPSA) is 12.4 Å². The Morgan fingerprint density at radius 1 is 1.33 bits per heavy atom. The zero-order valence-corrected chi connectivity index (χ0v) is 7.69. The molecule has 0 bridgehead atoms. The van der Waals surface area contributed by atoms with Crippen LogP contribution in [0.5, 0.6) is 0 Å². The molecule has 0 heterocycles. The highest BCUT2D eigenvalue weighted by Gasteiger charge is 2.12. The van der Waals surface area contributed by atoms with E-state index in [1.807, 2.05) is 0 Å². The molecule has 0 aliphatic rings. The first-order chi connectivity index (χ1) is 2.56. The van der Waals surface area contributed by atoms with Gasteiger partial charge in [-0.1, -0.05) is 0 Å². The Morgan fingerprint density at radius 2 is 1.50 bits per heavy atom. The zero-order valence-electron chi connectivity index (χ0n) is 3.33. The molecule has 6 heavy (non-hydrogen) atoms. The second kappa shape index (κ2) is 2.64. The van der Waals surface area contributed by atoms with Crippen LogP contribution in [0.1, 0.15) is 0 Å². The van der Waals surface area contributed by atoms with Gasteiger partial charge in [0.15, 0.2) is 6.48 Å². The lowest BCUT2D eigenvalue weighted by Gasteiger charge is -1.96. The van der Waals surface area contributed by atoms with Crippen LogP contribution in [-0.2, 0) is 0 Å². The molecule has 3 atom stereocenters. The Labute approximate surface area is 45.5 Å². The van der Waals surface area contributed by atoms with Gasteiger partial charge in [-0.2, -0.15) is 0 Å². The molecule has 0 aliphatic heterocycles. The maximum absolute atomic E-state index is 3.77. The van der Waals surface area contributed by atoms with Crippen LogP contribution in [0.2, 0.25) is 0 Å². The van der Waals surface area contributed by atoms with Crippen LogP contribution in [-0.4, -0.2) is 6.72 Å². The average Bonchev–Trinajstić information content (AvgIpc) is 1.35. The standard InChI is InChI=1S/CH8NP4/c1-2-6(3,4)5/h1,3-5H2/q+1. The molecular formula is CH8NP4+. The van der Waals surface area contributed by atoms with Crippen molar-refractivity contribution in [2.75, 3.05) is 0 Å². The van der Waals surface area contributed by atoms with Crippen LogP contribution in [0.25, 0.3) is 0 Å². The van der Waals surface area contributed by atoms with E-state index >= 15 is 0 Å². The van der Waals surface area contributed by atoms with Crippen LogP contribution >= 0.6 is 33.3 Å². The van der Waals surface area contributed by atoms with Crippen molar-refractivity contribution >= 4 is 40.0 Å². The first-order valence-corrected chi connectivity index (χ1v) is 7.89. The van der Waals surface area contributed by atoms with E-state index in [1.165, 1.54) is 0 Å². The molecule has 0 saturated carbocycles. The van der Waals surface area contributed by atoms with E-state index in [2.05, 4.69) is 38.3 Å².